The maximum absolute atomic E-state index is 13.4. The molecule has 0 N–H and O–H groups in total. The maximum Gasteiger partial charge on any atom is 0.229 e. The molecular weight excluding hydrogens is 486 g/mol. The molecule has 1 saturated heterocycles. The van der Waals surface area contributed by atoms with E-state index in [1.165, 1.54) is 0 Å². The largest absolute Gasteiger partial charge is 0.360 e. The second-order valence-electron chi connectivity index (χ2n) is 7.95. The average Bonchev–Trinajstić information content (AvgIpc) is 2.84. The SMILES string of the molecule is CC(C(=O)N1CCN(c2ccc(Br)cc2C#N)C(c2ccc(Cl)cc2)C1)c1ccccc1. The fourth-order valence-electron chi connectivity index (χ4n) is 4.25. The number of carbonyl (C=O) groups is 1. The Kier molecular flexibility index (Phi) is 6.83. The number of rotatable bonds is 4. The summed E-state index contributed by atoms with van der Waals surface area (Å²) in [6.07, 6.45) is 0. The number of hydrogen-bond acceptors (Lipinski definition) is 3. The zero-order valence-electron chi connectivity index (χ0n) is 17.7. The van der Waals surface area contributed by atoms with Gasteiger partial charge in [0.25, 0.3) is 0 Å². The summed E-state index contributed by atoms with van der Waals surface area (Å²) in [7, 11) is 0. The molecule has 4 rings (SSSR count). The molecule has 162 valence electrons. The molecule has 0 bridgehead atoms. The number of benzene rings is 3. The Morgan fingerprint density at radius 3 is 2.50 bits per heavy atom. The lowest BCUT2D eigenvalue weighted by atomic mass is 9.96. The van der Waals surface area contributed by atoms with Gasteiger partial charge >= 0.3 is 0 Å². The Labute approximate surface area is 202 Å². The van der Waals surface area contributed by atoms with Crippen LogP contribution in [-0.4, -0.2) is 30.4 Å². The van der Waals surface area contributed by atoms with E-state index >= 15 is 0 Å². The van der Waals surface area contributed by atoms with E-state index < -0.39 is 0 Å². The van der Waals surface area contributed by atoms with Crippen LogP contribution in [0.25, 0.3) is 0 Å². The summed E-state index contributed by atoms with van der Waals surface area (Å²) in [4.78, 5) is 17.5. The lowest BCUT2D eigenvalue weighted by Crippen LogP contribution is -2.51. The lowest BCUT2D eigenvalue weighted by molar-refractivity contribution is -0.133. The fourth-order valence-corrected chi connectivity index (χ4v) is 4.74. The van der Waals surface area contributed by atoms with Gasteiger partial charge in [0.05, 0.1) is 23.2 Å². The topological polar surface area (TPSA) is 47.3 Å². The van der Waals surface area contributed by atoms with Crippen LogP contribution in [-0.2, 0) is 4.79 Å². The molecule has 3 aromatic carbocycles. The highest BCUT2D eigenvalue weighted by molar-refractivity contribution is 9.10. The van der Waals surface area contributed by atoms with Gasteiger partial charge in [-0.1, -0.05) is 70.0 Å². The summed E-state index contributed by atoms with van der Waals surface area (Å²) in [6, 6.07) is 25.6. The van der Waals surface area contributed by atoms with E-state index in [4.69, 9.17) is 11.6 Å². The highest BCUT2D eigenvalue weighted by Crippen LogP contribution is 2.35. The van der Waals surface area contributed by atoms with Crippen molar-refractivity contribution in [2.75, 3.05) is 24.5 Å². The van der Waals surface area contributed by atoms with Gasteiger partial charge in [0.1, 0.15) is 6.07 Å². The van der Waals surface area contributed by atoms with E-state index in [2.05, 4.69) is 26.9 Å². The Balaban J connectivity index is 1.66. The van der Waals surface area contributed by atoms with Gasteiger partial charge in [-0.2, -0.15) is 5.26 Å². The molecule has 1 fully saturated rings. The first-order chi connectivity index (χ1) is 15.5. The molecule has 1 aliphatic heterocycles. The van der Waals surface area contributed by atoms with Crippen molar-refractivity contribution in [2.24, 2.45) is 0 Å². The van der Waals surface area contributed by atoms with Crippen molar-refractivity contribution in [2.45, 2.75) is 18.9 Å². The van der Waals surface area contributed by atoms with E-state index in [-0.39, 0.29) is 17.9 Å². The molecule has 0 aromatic heterocycles. The lowest BCUT2D eigenvalue weighted by Gasteiger charge is -2.44. The minimum atomic E-state index is -0.212. The smallest absolute Gasteiger partial charge is 0.229 e. The number of nitrogens with zero attached hydrogens (tertiary/aromatic N) is 3. The number of amides is 1. The molecule has 1 aliphatic rings. The molecule has 1 heterocycles. The summed E-state index contributed by atoms with van der Waals surface area (Å²) < 4.78 is 0.867. The van der Waals surface area contributed by atoms with Crippen molar-refractivity contribution in [1.82, 2.24) is 4.90 Å². The molecule has 0 spiro atoms. The van der Waals surface area contributed by atoms with Crippen molar-refractivity contribution in [1.29, 1.82) is 5.26 Å². The summed E-state index contributed by atoms with van der Waals surface area (Å²) in [5, 5.41) is 10.4. The van der Waals surface area contributed by atoms with Crippen molar-refractivity contribution in [3.05, 3.63) is 99.0 Å². The molecule has 2 unspecified atom stereocenters. The predicted octanol–water partition coefficient (Wildman–Crippen LogP) is 6.17. The molecule has 0 saturated carbocycles. The molecule has 4 nitrogen and oxygen atoms in total. The fraction of sp³-hybridized carbons (Fsp3) is 0.231. The van der Waals surface area contributed by atoms with Crippen molar-refractivity contribution < 1.29 is 4.79 Å². The third-order valence-electron chi connectivity index (χ3n) is 6.01. The second-order valence-corrected chi connectivity index (χ2v) is 9.30. The Bertz CT molecular complexity index is 1140. The van der Waals surface area contributed by atoms with E-state index in [0.29, 0.717) is 30.2 Å². The van der Waals surface area contributed by atoms with Gasteiger partial charge in [-0.25, -0.2) is 0 Å². The zero-order valence-corrected chi connectivity index (χ0v) is 20.1. The monoisotopic (exact) mass is 507 g/mol. The van der Waals surface area contributed by atoms with Crippen LogP contribution >= 0.6 is 27.5 Å². The quantitative estimate of drug-likeness (QED) is 0.423. The molecule has 6 heteroatoms. The minimum absolute atomic E-state index is 0.0822. The van der Waals surface area contributed by atoms with E-state index in [1.807, 2.05) is 84.6 Å². The number of halogens is 2. The third-order valence-corrected chi connectivity index (χ3v) is 6.75. The van der Waals surface area contributed by atoms with Crippen molar-refractivity contribution in [3.63, 3.8) is 0 Å². The second kappa shape index (κ2) is 9.77. The van der Waals surface area contributed by atoms with Crippen LogP contribution in [0.2, 0.25) is 5.02 Å². The summed E-state index contributed by atoms with van der Waals surface area (Å²) in [5.74, 6) is -0.0953. The number of nitriles is 1. The first-order valence-electron chi connectivity index (χ1n) is 10.5. The van der Waals surface area contributed by atoms with Crippen LogP contribution in [0.3, 0.4) is 0 Å². The van der Waals surface area contributed by atoms with Crippen LogP contribution in [0.15, 0.2) is 77.3 Å². The minimum Gasteiger partial charge on any atom is -0.360 e. The van der Waals surface area contributed by atoms with Gasteiger partial charge in [0.15, 0.2) is 0 Å². The number of piperazine rings is 1. The van der Waals surface area contributed by atoms with Gasteiger partial charge in [-0.3, -0.25) is 4.79 Å². The molecule has 0 radical (unpaired) electrons. The zero-order chi connectivity index (χ0) is 22.7. The summed E-state index contributed by atoms with van der Waals surface area (Å²) >= 11 is 9.59. The highest BCUT2D eigenvalue weighted by Gasteiger charge is 2.33. The number of carbonyl (C=O) groups excluding carboxylic acids is 1. The van der Waals surface area contributed by atoms with Gasteiger partial charge < -0.3 is 9.80 Å². The average molecular weight is 509 g/mol. The van der Waals surface area contributed by atoms with Crippen LogP contribution in [0.5, 0.6) is 0 Å². The molecule has 0 aliphatic carbocycles. The molecule has 1 amide bonds. The van der Waals surface area contributed by atoms with E-state index in [1.54, 1.807) is 0 Å². The van der Waals surface area contributed by atoms with Gasteiger partial charge in [0, 0.05) is 29.1 Å². The van der Waals surface area contributed by atoms with Crippen LogP contribution in [0.1, 0.15) is 35.6 Å². The standard InChI is InChI=1S/C26H23BrClN3O/c1-18(19-5-3-2-4-6-19)26(32)30-13-14-31(24-12-9-22(27)15-21(24)16-29)25(17-30)20-7-10-23(28)11-8-20/h2-12,15,18,25H,13-14,17H2,1H3. The molecule has 3 aromatic rings. The number of anilines is 1. The van der Waals surface area contributed by atoms with Crippen molar-refractivity contribution in [3.8, 4) is 6.07 Å². The van der Waals surface area contributed by atoms with E-state index in [0.717, 1.165) is 21.3 Å². The third kappa shape index (κ3) is 4.67. The normalized spacial score (nSPS) is 17.0. The highest BCUT2D eigenvalue weighted by atomic mass is 79.9. The Hall–Kier alpha value is -2.81. The van der Waals surface area contributed by atoms with Gasteiger partial charge in [-0.15, -0.1) is 0 Å². The maximum atomic E-state index is 13.4. The van der Waals surface area contributed by atoms with Gasteiger partial charge in [-0.05, 0) is 48.4 Å². The van der Waals surface area contributed by atoms with Crippen LogP contribution < -0.4 is 4.90 Å². The predicted molar refractivity (Wildman–Crippen MR) is 132 cm³/mol. The molecule has 32 heavy (non-hydrogen) atoms. The van der Waals surface area contributed by atoms with Gasteiger partial charge in [0.2, 0.25) is 5.91 Å². The van der Waals surface area contributed by atoms with E-state index in [9.17, 15) is 10.1 Å². The van der Waals surface area contributed by atoms with Crippen LogP contribution in [0.4, 0.5) is 5.69 Å². The Morgan fingerprint density at radius 2 is 1.81 bits per heavy atom. The summed E-state index contributed by atoms with van der Waals surface area (Å²) in [5.41, 5.74) is 3.56. The summed E-state index contributed by atoms with van der Waals surface area (Å²) in [6.45, 7) is 3.74. The first kappa shape index (κ1) is 22.4. The molecule has 2 atom stereocenters. The van der Waals surface area contributed by atoms with Crippen molar-refractivity contribution >= 4 is 39.1 Å². The molecular formula is C26H23BrClN3O. The first-order valence-corrected chi connectivity index (χ1v) is 11.7. The number of hydrogen-bond donors (Lipinski definition) is 0. The van der Waals surface area contributed by atoms with Crippen LogP contribution in [0, 0.1) is 11.3 Å². The Morgan fingerprint density at radius 1 is 1.09 bits per heavy atom.